The zero-order valence-corrected chi connectivity index (χ0v) is 20.0. The zero-order chi connectivity index (χ0) is 21.1. The molecular weight excluding hydrogens is 548 g/mol. The number of nitrogens with zero attached hydrogens (tertiary/aromatic N) is 1. The first-order valence-corrected chi connectivity index (χ1v) is 11.3. The molecule has 29 heavy (non-hydrogen) atoms. The van der Waals surface area contributed by atoms with Crippen molar-refractivity contribution in [1.82, 2.24) is 0 Å². The third-order valence-electron chi connectivity index (χ3n) is 3.96. The number of benzene rings is 2. The molecule has 9 heteroatoms. The summed E-state index contributed by atoms with van der Waals surface area (Å²) in [5.41, 5.74) is 1.21. The molecule has 1 heterocycles. The second kappa shape index (κ2) is 9.63. The van der Waals surface area contributed by atoms with Crippen molar-refractivity contribution in [3.8, 4) is 11.5 Å². The van der Waals surface area contributed by atoms with Gasteiger partial charge in [0.25, 0.3) is 5.91 Å². The average Bonchev–Trinajstić information content (AvgIpc) is 2.96. The fourth-order valence-electron chi connectivity index (χ4n) is 2.63. The highest BCUT2D eigenvalue weighted by Crippen LogP contribution is 2.39. The maximum absolute atomic E-state index is 13.5. The Morgan fingerprint density at radius 3 is 2.76 bits per heavy atom. The first-order chi connectivity index (χ1) is 13.8. The third-order valence-corrected chi connectivity index (χ3v) is 6.35. The van der Waals surface area contributed by atoms with Crippen LogP contribution in [-0.2, 0) is 4.79 Å². The van der Waals surface area contributed by atoms with E-state index in [2.05, 4.69) is 22.6 Å². The largest absolute Gasteiger partial charge is 0.493 e. The standard InChI is InChI=1S/C20H16ClFINO3S2/c1-3-6-27-18-15(23)7-11(8-16(18)26-2)9-17-19(25)24(20(28)29-17)12-4-5-14(22)13(21)10-12/h4-5,7-10H,3,6H2,1-2H3/b17-9-. The molecule has 1 aliphatic rings. The Morgan fingerprint density at radius 2 is 2.10 bits per heavy atom. The molecule has 0 radical (unpaired) electrons. The number of carbonyl (C=O) groups is 1. The van der Waals surface area contributed by atoms with E-state index in [-0.39, 0.29) is 10.9 Å². The topological polar surface area (TPSA) is 38.8 Å². The van der Waals surface area contributed by atoms with E-state index >= 15 is 0 Å². The van der Waals surface area contributed by atoms with E-state index < -0.39 is 5.82 Å². The number of amides is 1. The zero-order valence-electron chi connectivity index (χ0n) is 15.5. The molecule has 0 bridgehead atoms. The monoisotopic (exact) mass is 563 g/mol. The van der Waals surface area contributed by atoms with Crippen LogP contribution >= 0.6 is 58.2 Å². The molecule has 3 rings (SSSR count). The Balaban J connectivity index is 1.93. The van der Waals surface area contributed by atoms with Gasteiger partial charge in [-0.15, -0.1) is 0 Å². The highest BCUT2D eigenvalue weighted by Gasteiger charge is 2.33. The summed E-state index contributed by atoms with van der Waals surface area (Å²) in [4.78, 5) is 14.7. The third kappa shape index (κ3) is 4.87. The number of methoxy groups -OCH3 is 1. The van der Waals surface area contributed by atoms with Crippen molar-refractivity contribution in [1.29, 1.82) is 0 Å². The Labute approximate surface area is 196 Å². The maximum atomic E-state index is 13.5. The summed E-state index contributed by atoms with van der Waals surface area (Å²) < 4.78 is 25.9. The summed E-state index contributed by atoms with van der Waals surface area (Å²) in [6.07, 6.45) is 2.63. The molecule has 0 aliphatic carbocycles. The van der Waals surface area contributed by atoms with Crippen molar-refractivity contribution in [3.63, 3.8) is 0 Å². The minimum absolute atomic E-state index is 0.0671. The molecule has 0 spiro atoms. The number of thiocarbonyl (C=S) groups is 1. The molecule has 2 aromatic rings. The van der Waals surface area contributed by atoms with Crippen LogP contribution < -0.4 is 14.4 Å². The maximum Gasteiger partial charge on any atom is 0.270 e. The smallest absolute Gasteiger partial charge is 0.270 e. The van der Waals surface area contributed by atoms with Gasteiger partial charge in [0.15, 0.2) is 15.8 Å². The summed E-state index contributed by atoms with van der Waals surface area (Å²) in [6, 6.07) is 7.79. The fraction of sp³-hybridized carbons (Fsp3) is 0.200. The number of thioether (sulfide) groups is 1. The predicted molar refractivity (Wildman–Crippen MR) is 129 cm³/mol. The van der Waals surface area contributed by atoms with Gasteiger partial charge in [0.05, 0.1) is 32.9 Å². The number of anilines is 1. The van der Waals surface area contributed by atoms with Crippen LogP contribution in [0.4, 0.5) is 10.1 Å². The van der Waals surface area contributed by atoms with E-state index in [0.29, 0.717) is 33.0 Å². The molecule has 2 aromatic carbocycles. The molecule has 1 saturated heterocycles. The molecule has 1 fully saturated rings. The van der Waals surface area contributed by atoms with Crippen LogP contribution in [0.15, 0.2) is 35.2 Å². The van der Waals surface area contributed by atoms with E-state index in [9.17, 15) is 9.18 Å². The summed E-state index contributed by atoms with van der Waals surface area (Å²) in [5.74, 6) is 0.435. The van der Waals surface area contributed by atoms with Gasteiger partial charge < -0.3 is 9.47 Å². The van der Waals surface area contributed by atoms with Crippen LogP contribution in [0, 0.1) is 9.39 Å². The van der Waals surface area contributed by atoms with Gasteiger partial charge in [-0.3, -0.25) is 9.69 Å². The number of hydrogen-bond donors (Lipinski definition) is 0. The van der Waals surface area contributed by atoms with E-state index in [1.165, 1.54) is 34.9 Å². The quantitative estimate of drug-likeness (QED) is 0.235. The Kier molecular flexibility index (Phi) is 7.42. The number of ether oxygens (including phenoxy) is 2. The highest BCUT2D eigenvalue weighted by molar-refractivity contribution is 14.1. The molecular formula is C20H16ClFINO3S2. The van der Waals surface area contributed by atoms with Crippen molar-refractivity contribution in [2.75, 3.05) is 18.6 Å². The van der Waals surface area contributed by atoms with Crippen LogP contribution in [0.3, 0.4) is 0 Å². The number of carbonyl (C=O) groups excluding carboxylic acids is 1. The van der Waals surface area contributed by atoms with Gasteiger partial charge in [-0.2, -0.15) is 0 Å². The van der Waals surface area contributed by atoms with Crippen LogP contribution in [0.5, 0.6) is 11.5 Å². The Hall–Kier alpha value is -1.36. The van der Waals surface area contributed by atoms with Gasteiger partial charge in [0.1, 0.15) is 5.82 Å². The Bertz CT molecular complexity index is 1020. The molecule has 0 aromatic heterocycles. The number of rotatable bonds is 6. The lowest BCUT2D eigenvalue weighted by Crippen LogP contribution is -2.27. The normalized spacial score (nSPS) is 15.3. The lowest BCUT2D eigenvalue weighted by molar-refractivity contribution is -0.113. The first kappa shape index (κ1) is 22.3. The minimum Gasteiger partial charge on any atom is -0.493 e. The van der Waals surface area contributed by atoms with Crippen LogP contribution in [-0.4, -0.2) is 23.9 Å². The van der Waals surface area contributed by atoms with Crippen LogP contribution in [0.1, 0.15) is 18.9 Å². The van der Waals surface area contributed by atoms with Gasteiger partial charge in [-0.05, 0) is 71.0 Å². The lowest BCUT2D eigenvalue weighted by Gasteiger charge is -2.15. The van der Waals surface area contributed by atoms with Crippen molar-refractivity contribution in [3.05, 3.63) is 55.2 Å². The van der Waals surface area contributed by atoms with E-state index in [0.717, 1.165) is 15.6 Å². The molecule has 1 amide bonds. The van der Waals surface area contributed by atoms with Crippen LogP contribution in [0.2, 0.25) is 5.02 Å². The fourth-order valence-corrected chi connectivity index (χ4v) is 4.89. The highest BCUT2D eigenvalue weighted by atomic mass is 127. The summed E-state index contributed by atoms with van der Waals surface area (Å²) in [5, 5.41) is -0.0671. The second-order valence-corrected chi connectivity index (χ2v) is 9.24. The molecule has 0 unspecified atom stereocenters. The van der Waals surface area contributed by atoms with Gasteiger partial charge in [0.2, 0.25) is 0 Å². The molecule has 4 nitrogen and oxygen atoms in total. The van der Waals surface area contributed by atoms with Gasteiger partial charge >= 0.3 is 0 Å². The first-order valence-electron chi connectivity index (χ1n) is 8.59. The average molecular weight is 564 g/mol. The van der Waals surface area contributed by atoms with Crippen LogP contribution in [0.25, 0.3) is 6.08 Å². The Morgan fingerprint density at radius 1 is 1.34 bits per heavy atom. The number of hydrogen-bond acceptors (Lipinski definition) is 5. The minimum atomic E-state index is -0.552. The summed E-state index contributed by atoms with van der Waals surface area (Å²) in [6.45, 7) is 2.62. The van der Waals surface area contributed by atoms with Crippen molar-refractivity contribution >= 4 is 80.2 Å². The second-order valence-electron chi connectivity index (χ2n) is 6.00. The molecule has 0 saturated carbocycles. The van der Waals surface area contributed by atoms with E-state index in [1.54, 1.807) is 13.2 Å². The molecule has 1 aliphatic heterocycles. The van der Waals surface area contributed by atoms with E-state index in [1.807, 2.05) is 19.1 Å². The van der Waals surface area contributed by atoms with Gasteiger partial charge in [0, 0.05) is 0 Å². The molecule has 0 N–H and O–H groups in total. The van der Waals surface area contributed by atoms with Gasteiger partial charge in [-0.1, -0.05) is 42.5 Å². The molecule has 0 atom stereocenters. The lowest BCUT2D eigenvalue weighted by atomic mass is 10.1. The van der Waals surface area contributed by atoms with E-state index in [4.69, 9.17) is 33.3 Å². The summed E-state index contributed by atoms with van der Waals surface area (Å²) >= 11 is 14.6. The number of halogens is 3. The van der Waals surface area contributed by atoms with Crippen molar-refractivity contribution in [2.45, 2.75) is 13.3 Å². The van der Waals surface area contributed by atoms with Crippen molar-refractivity contribution < 1.29 is 18.7 Å². The summed E-state index contributed by atoms with van der Waals surface area (Å²) in [7, 11) is 1.58. The predicted octanol–water partition coefficient (Wildman–Crippen LogP) is 6.29. The van der Waals surface area contributed by atoms with Crippen molar-refractivity contribution in [2.24, 2.45) is 0 Å². The SMILES string of the molecule is CCCOc1c(I)cc(/C=C2\SC(=S)N(c3ccc(F)c(Cl)c3)C2=O)cc1OC. The van der Waals surface area contributed by atoms with Gasteiger partial charge in [-0.25, -0.2) is 4.39 Å². The molecule has 152 valence electrons.